The number of halogens is 3. The van der Waals surface area contributed by atoms with Crippen LogP contribution >= 0.6 is 0 Å². The monoisotopic (exact) mass is 368 g/mol. The van der Waals surface area contributed by atoms with Gasteiger partial charge in [-0.15, -0.1) is 0 Å². The maximum atomic E-state index is 12.6. The molecule has 1 aliphatic carbocycles. The van der Waals surface area contributed by atoms with Crippen LogP contribution in [0, 0.1) is 0 Å². The summed E-state index contributed by atoms with van der Waals surface area (Å²) < 4.78 is 55.8. The normalized spacial score (nSPS) is 25.1. The zero-order valence-corrected chi connectivity index (χ0v) is 15.5. The van der Waals surface area contributed by atoms with Crippen LogP contribution in [0.2, 0.25) is 0 Å². The zero-order chi connectivity index (χ0) is 19.2. The number of alkyl halides is 3. The lowest BCUT2D eigenvalue weighted by Crippen LogP contribution is -2.41. The Bertz CT molecular complexity index is 664. The lowest BCUT2D eigenvalue weighted by atomic mass is 9.72. The molecular weight excluding hydrogens is 344 g/mol. The first-order chi connectivity index (χ1) is 12.0. The quantitative estimate of drug-likeness (QED) is 0.687. The first-order valence-electron chi connectivity index (χ1n) is 8.86. The molecule has 1 saturated heterocycles. The fourth-order valence-corrected chi connectivity index (χ4v) is 3.06. The molecule has 1 fully saturated rings. The van der Waals surface area contributed by atoms with Crippen molar-refractivity contribution in [3.63, 3.8) is 0 Å². The standard InChI is InChI=1S/C19H24BF3O3/c1-17(2)18(3,4)26-20(25-17)14-7-11-16(12-8-14)24-15-9-5-13(6-10-15)19(21,22)23/h5-7,9-10,16H,8,11-12H2,1-4H3. The van der Waals surface area contributed by atoms with Crippen LogP contribution in [0.3, 0.4) is 0 Å². The summed E-state index contributed by atoms with van der Waals surface area (Å²) in [5.74, 6) is 0.454. The fourth-order valence-electron chi connectivity index (χ4n) is 3.06. The van der Waals surface area contributed by atoms with E-state index >= 15 is 0 Å². The van der Waals surface area contributed by atoms with Gasteiger partial charge in [-0.3, -0.25) is 0 Å². The van der Waals surface area contributed by atoms with E-state index in [2.05, 4.69) is 6.08 Å². The molecule has 26 heavy (non-hydrogen) atoms. The Morgan fingerprint density at radius 2 is 1.62 bits per heavy atom. The Balaban J connectivity index is 1.58. The maximum absolute atomic E-state index is 12.6. The van der Waals surface area contributed by atoms with E-state index in [1.165, 1.54) is 12.1 Å². The minimum absolute atomic E-state index is 0.0575. The van der Waals surface area contributed by atoms with E-state index in [0.717, 1.165) is 30.4 Å². The van der Waals surface area contributed by atoms with Gasteiger partial charge in [0.25, 0.3) is 0 Å². The van der Waals surface area contributed by atoms with E-state index in [1.807, 2.05) is 27.7 Å². The molecule has 0 spiro atoms. The number of ether oxygens (including phenoxy) is 1. The van der Waals surface area contributed by atoms with Crippen LogP contribution in [0.1, 0.15) is 52.5 Å². The molecular formula is C19H24BF3O3. The Kier molecular flexibility index (Phi) is 4.90. The van der Waals surface area contributed by atoms with Gasteiger partial charge in [-0.25, -0.2) is 0 Å². The van der Waals surface area contributed by atoms with E-state index in [9.17, 15) is 13.2 Å². The molecule has 0 radical (unpaired) electrons. The Labute approximate surface area is 152 Å². The van der Waals surface area contributed by atoms with Gasteiger partial charge in [0, 0.05) is 6.42 Å². The van der Waals surface area contributed by atoms with Gasteiger partial charge in [0.1, 0.15) is 11.9 Å². The van der Waals surface area contributed by atoms with Crippen molar-refractivity contribution < 1.29 is 27.2 Å². The molecule has 0 amide bonds. The van der Waals surface area contributed by atoms with Crippen molar-refractivity contribution in [3.8, 4) is 5.75 Å². The molecule has 1 heterocycles. The summed E-state index contributed by atoms with van der Waals surface area (Å²) in [4.78, 5) is 0. The molecule has 1 unspecified atom stereocenters. The van der Waals surface area contributed by atoms with Crippen molar-refractivity contribution in [2.75, 3.05) is 0 Å². The number of hydrogen-bond acceptors (Lipinski definition) is 3. The smallest absolute Gasteiger partial charge is 0.490 e. The largest absolute Gasteiger partial charge is 0.490 e. The number of allylic oxidation sites excluding steroid dienone is 1. The summed E-state index contributed by atoms with van der Waals surface area (Å²) in [6, 6.07) is 4.83. The van der Waals surface area contributed by atoms with E-state index in [4.69, 9.17) is 14.0 Å². The minimum Gasteiger partial charge on any atom is -0.490 e. The molecule has 7 heteroatoms. The molecule has 3 rings (SSSR count). The highest BCUT2D eigenvalue weighted by atomic mass is 19.4. The average Bonchev–Trinajstić information content (AvgIpc) is 2.76. The molecule has 2 aliphatic rings. The van der Waals surface area contributed by atoms with Crippen LogP contribution in [-0.2, 0) is 15.5 Å². The average molecular weight is 368 g/mol. The van der Waals surface area contributed by atoms with Crippen LogP contribution in [0.5, 0.6) is 5.75 Å². The van der Waals surface area contributed by atoms with Crippen molar-refractivity contribution in [1.82, 2.24) is 0 Å². The topological polar surface area (TPSA) is 27.7 Å². The second-order valence-corrected chi connectivity index (χ2v) is 7.90. The van der Waals surface area contributed by atoms with Gasteiger partial charge in [-0.2, -0.15) is 13.2 Å². The molecule has 1 atom stereocenters. The van der Waals surface area contributed by atoms with E-state index in [-0.39, 0.29) is 24.4 Å². The summed E-state index contributed by atoms with van der Waals surface area (Å²) in [5, 5.41) is 0. The van der Waals surface area contributed by atoms with E-state index < -0.39 is 11.7 Å². The lowest BCUT2D eigenvalue weighted by Gasteiger charge is -2.32. The molecule has 0 N–H and O–H groups in total. The van der Waals surface area contributed by atoms with E-state index in [1.54, 1.807) is 0 Å². The first kappa shape index (κ1) is 19.3. The van der Waals surface area contributed by atoms with Crippen molar-refractivity contribution in [2.45, 2.75) is 70.4 Å². The molecule has 3 nitrogen and oxygen atoms in total. The highest BCUT2D eigenvalue weighted by Crippen LogP contribution is 2.40. The van der Waals surface area contributed by atoms with Gasteiger partial charge in [0.15, 0.2) is 0 Å². The van der Waals surface area contributed by atoms with Gasteiger partial charge in [0.05, 0.1) is 16.8 Å². The summed E-state index contributed by atoms with van der Waals surface area (Å²) in [7, 11) is -0.341. The van der Waals surface area contributed by atoms with Crippen LogP contribution in [0.25, 0.3) is 0 Å². The second-order valence-electron chi connectivity index (χ2n) is 7.90. The maximum Gasteiger partial charge on any atom is 0.490 e. The third-order valence-electron chi connectivity index (χ3n) is 5.44. The predicted octanol–water partition coefficient (Wildman–Crippen LogP) is 5.19. The van der Waals surface area contributed by atoms with Crippen molar-refractivity contribution in [2.24, 2.45) is 0 Å². The molecule has 0 aromatic heterocycles. The Morgan fingerprint density at radius 3 is 2.08 bits per heavy atom. The van der Waals surface area contributed by atoms with E-state index in [0.29, 0.717) is 12.2 Å². The van der Waals surface area contributed by atoms with Crippen molar-refractivity contribution >= 4 is 7.12 Å². The predicted molar refractivity (Wildman–Crippen MR) is 93.9 cm³/mol. The highest BCUT2D eigenvalue weighted by molar-refractivity contribution is 6.54. The Morgan fingerprint density at radius 1 is 1.04 bits per heavy atom. The highest BCUT2D eigenvalue weighted by Gasteiger charge is 2.52. The second kappa shape index (κ2) is 6.61. The van der Waals surface area contributed by atoms with Crippen LogP contribution in [0.4, 0.5) is 13.2 Å². The van der Waals surface area contributed by atoms with Gasteiger partial charge in [0.2, 0.25) is 0 Å². The van der Waals surface area contributed by atoms with Gasteiger partial charge in [-0.1, -0.05) is 6.08 Å². The zero-order valence-electron chi connectivity index (χ0n) is 15.5. The van der Waals surface area contributed by atoms with Crippen LogP contribution in [-0.4, -0.2) is 24.4 Å². The SMILES string of the molecule is CC1(C)OB(C2=CCC(Oc3ccc(C(F)(F)F)cc3)CC2)OC1(C)C. The summed E-state index contributed by atoms with van der Waals surface area (Å²) in [6.07, 6.45) is -0.0816. The van der Waals surface area contributed by atoms with Crippen LogP contribution < -0.4 is 4.74 Å². The fraction of sp³-hybridized carbons (Fsp3) is 0.579. The first-order valence-corrected chi connectivity index (χ1v) is 8.86. The number of hydrogen-bond donors (Lipinski definition) is 0. The molecule has 0 saturated carbocycles. The number of rotatable bonds is 3. The molecule has 142 valence electrons. The van der Waals surface area contributed by atoms with Crippen molar-refractivity contribution in [3.05, 3.63) is 41.4 Å². The summed E-state index contributed by atoms with van der Waals surface area (Å²) >= 11 is 0. The third-order valence-corrected chi connectivity index (χ3v) is 5.44. The van der Waals surface area contributed by atoms with Gasteiger partial charge < -0.3 is 14.0 Å². The van der Waals surface area contributed by atoms with Gasteiger partial charge >= 0.3 is 13.3 Å². The number of benzene rings is 1. The van der Waals surface area contributed by atoms with Crippen molar-refractivity contribution in [1.29, 1.82) is 0 Å². The van der Waals surface area contributed by atoms with Crippen LogP contribution in [0.15, 0.2) is 35.8 Å². The van der Waals surface area contributed by atoms with Gasteiger partial charge in [-0.05, 0) is 70.3 Å². The molecule has 1 aromatic carbocycles. The molecule has 0 bridgehead atoms. The third kappa shape index (κ3) is 3.93. The minimum atomic E-state index is -4.33. The summed E-state index contributed by atoms with van der Waals surface area (Å²) in [6.45, 7) is 8.08. The lowest BCUT2D eigenvalue weighted by molar-refractivity contribution is -0.137. The molecule has 1 aliphatic heterocycles. The molecule has 1 aromatic rings. The Hall–Kier alpha value is -1.47. The summed E-state index contributed by atoms with van der Waals surface area (Å²) in [5.41, 5.74) is -0.301.